The van der Waals surface area contributed by atoms with Gasteiger partial charge in [0.15, 0.2) is 0 Å². The Labute approximate surface area is 174 Å². The highest BCUT2D eigenvalue weighted by Gasteiger charge is 2.80. The van der Waals surface area contributed by atoms with Gasteiger partial charge >= 0.3 is 17.8 Å². The lowest BCUT2D eigenvalue weighted by Crippen LogP contribution is -2.49. The van der Waals surface area contributed by atoms with Crippen LogP contribution in [-0.4, -0.2) is 17.8 Å². The van der Waals surface area contributed by atoms with E-state index in [1.165, 1.54) is 36.5 Å². The lowest BCUT2D eigenvalue weighted by molar-refractivity contribution is -0.254. The molecule has 2 aromatic rings. The van der Waals surface area contributed by atoms with Gasteiger partial charge < -0.3 is 0 Å². The Kier molecular flexibility index (Phi) is 5.31. The van der Waals surface area contributed by atoms with Crippen LogP contribution in [0.5, 0.6) is 0 Å². The van der Waals surface area contributed by atoms with Gasteiger partial charge in [-0.2, -0.15) is 26.3 Å². The van der Waals surface area contributed by atoms with Gasteiger partial charge in [0.25, 0.3) is 0 Å². The van der Waals surface area contributed by atoms with E-state index in [0.29, 0.717) is 30.6 Å². The number of rotatable bonds is 4. The van der Waals surface area contributed by atoms with Crippen LogP contribution in [0, 0.1) is 27.7 Å². The van der Waals surface area contributed by atoms with Crippen molar-refractivity contribution in [2.45, 2.75) is 72.2 Å². The van der Waals surface area contributed by atoms with Crippen LogP contribution in [0.4, 0.5) is 26.3 Å². The minimum Gasteiger partial charge on any atom is -0.194 e. The highest BCUT2D eigenvalue weighted by molar-refractivity contribution is 7.12. The zero-order valence-corrected chi connectivity index (χ0v) is 18.6. The number of halogens is 6. The Morgan fingerprint density at radius 3 is 1.17 bits per heavy atom. The first-order chi connectivity index (χ1) is 13.3. The SMILES string of the molecule is CCc1c(C)sc(C)c1C1=C(c2c(C)sc(C)c2CC)C(F)(F)C(F)(F)C1(F)F. The second kappa shape index (κ2) is 6.87. The maximum absolute atomic E-state index is 15.1. The summed E-state index contributed by atoms with van der Waals surface area (Å²) in [4.78, 5) is 2.05. The normalized spacial score (nSPS) is 20.0. The largest absolute Gasteiger partial charge is 0.380 e. The number of thiophene rings is 2. The average molecular weight is 453 g/mol. The molecule has 0 fully saturated rings. The maximum atomic E-state index is 15.1. The molecule has 0 saturated heterocycles. The van der Waals surface area contributed by atoms with E-state index in [9.17, 15) is 8.78 Å². The van der Waals surface area contributed by atoms with Crippen LogP contribution in [0.1, 0.15) is 55.6 Å². The van der Waals surface area contributed by atoms with Crippen molar-refractivity contribution in [3.63, 3.8) is 0 Å². The van der Waals surface area contributed by atoms with E-state index in [4.69, 9.17) is 0 Å². The fourth-order valence-electron chi connectivity index (χ4n) is 4.36. The third kappa shape index (κ3) is 2.77. The molecule has 0 saturated carbocycles. The summed E-state index contributed by atoms with van der Waals surface area (Å²) >= 11 is 2.34. The molecule has 160 valence electrons. The molecule has 2 heterocycles. The molecule has 0 unspecified atom stereocenters. The third-order valence-electron chi connectivity index (χ3n) is 5.64. The molecule has 0 aliphatic heterocycles. The Morgan fingerprint density at radius 2 is 0.897 bits per heavy atom. The fourth-order valence-corrected chi connectivity index (χ4v) is 6.67. The summed E-state index contributed by atoms with van der Waals surface area (Å²) in [5, 5.41) is 0. The molecule has 0 nitrogen and oxygen atoms in total. The molecule has 1 aliphatic rings. The molecule has 8 heteroatoms. The molecule has 1 aliphatic carbocycles. The number of alkyl halides is 6. The Hall–Kier alpha value is -1.28. The molecule has 0 bridgehead atoms. The van der Waals surface area contributed by atoms with Crippen LogP contribution < -0.4 is 0 Å². The minimum absolute atomic E-state index is 0.142. The molecular weight excluding hydrogens is 430 g/mol. The maximum Gasteiger partial charge on any atom is 0.380 e. The second-order valence-electron chi connectivity index (χ2n) is 7.32. The Morgan fingerprint density at radius 1 is 0.586 bits per heavy atom. The summed E-state index contributed by atoms with van der Waals surface area (Å²) in [6.07, 6.45) is 0.579. The second-order valence-corrected chi connectivity index (χ2v) is 10.2. The van der Waals surface area contributed by atoms with Crippen molar-refractivity contribution >= 4 is 33.8 Å². The van der Waals surface area contributed by atoms with Crippen molar-refractivity contribution in [2.24, 2.45) is 0 Å². The summed E-state index contributed by atoms with van der Waals surface area (Å²) < 4.78 is 89.6. The summed E-state index contributed by atoms with van der Waals surface area (Å²) in [7, 11) is 0. The topological polar surface area (TPSA) is 0 Å². The summed E-state index contributed by atoms with van der Waals surface area (Å²) in [5.41, 5.74) is -1.84. The minimum atomic E-state index is -5.51. The van der Waals surface area contributed by atoms with Gasteiger partial charge in [-0.05, 0) is 51.7 Å². The zero-order valence-electron chi connectivity index (χ0n) is 17.0. The van der Waals surface area contributed by atoms with E-state index in [1.54, 1.807) is 27.7 Å². The smallest absolute Gasteiger partial charge is 0.194 e. The van der Waals surface area contributed by atoms with Gasteiger partial charge in [0.1, 0.15) is 0 Å². The van der Waals surface area contributed by atoms with Gasteiger partial charge in [0.05, 0.1) is 0 Å². The molecule has 0 spiro atoms. The number of hydrogen-bond acceptors (Lipinski definition) is 2. The van der Waals surface area contributed by atoms with E-state index < -0.39 is 28.9 Å². The van der Waals surface area contributed by atoms with Crippen molar-refractivity contribution in [3.8, 4) is 0 Å². The lowest BCUT2D eigenvalue weighted by Gasteiger charge is -2.26. The summed E-state index contributed by atoms with van der Waals surface area (Å²) in [6, 6.07) is 0. The predicted molar refractivity (Wildman–Crippen MR) is 108 cm³/mol. The van der Waals surface area contributed by atoms with Crippen molar-refractivity contribution in [2.75, 3.05) is 0 Å². The molecule has 0 radical (unpaired) electrons. The van der Waals surface area contributed by atoms with E-state index in [-0.39, 0.29) is 24.0 Å². The van der Waals surface area contributed by atoms with Gasteiger partial charge in [-0.1, -0.05) is 13.8 Å². The van der Waals surface area contributed by atoms with Crippen LogP contribution in [-0.2, 0) is 12.8 Å². The van der Waals surface area contributed by atoms with Crippen LogP contribution >= 0.6 is 22.7 Å². The molecule has 29 heavy (non-hydrogen) atoms. The van der Waals surface area contributed by atoms with Gasteiger partial charge in [0, 0.05) is 41.8 Å². The first-order valence-corrected chi connectivity index (χ1v) is 11.0. The standard InChI is InChI=1S/C21H22F6S2/c1-7-13-9(3)28-11(5)15(13)17-18(16-12(6)29-10(4)14(16)8-2)20(24,25)21(26,27)19(17,22)23/h7-8H2,1-6H3. The van der Waals surface area contributed by atoms with E-state index >= 15 is 17.6 Å². The lowest BCUT2D eigenvalue weighted by atomic mass is 9.89. The molecule has 0 amide bonds. The van der Waals surface area contributed by atoms with Gasteiger partial charge in [-0.15, -0.1) is 22.7 Å². The van der Waals surface area contributed by atoms with E-state index in [2.05, 4.69) is 0 Å². The van der Waals surface area contributed by atoms with Crippen LogP contribution in [0.2, 0.25) is 0 Å². The number of allylic oxidation sites excluding steroid dienone is 2. The van der Waals surface area contributed by atoms with Crippen LogP contribution in [0.15, 0.2) is 0 Å². The quantitative estimate of drug-likeness (QED) is 0.412. The molecule has 3 rings (SSSR count). The van der Waals surface area contributed by atoms with Gasteiger partial charge in [-0.3, -0.25) is 0 Å². The van der Waals surface area contributed by atoms with Crippen molar-refractivity contribution < 1.29 is 26.3 Å². The van der Waals surface area contributed by atoms with Crippen LogP contribution in [0.3, 0.4) is 0 Å². The fraction of sp³-hybridized carbons (Fsp3) is 0.524. The Bertz CT molecular complexity index is 929. The third-order valence-corrected chi connectivity index (χ3v) is 7.77. The number of aryl methyl sites for hydroxylation is 4. The summed E-state index contributed by atoms with van der Waals surface area (Å²) in [5.74, 6) is -15.5. The monoisotopic (exact) mass is 452 g/mol. The van der Waals surface area contributed by atoms with E-state index in [1.807, 2.05) is 0 Å². The highest BCUT2D eigenvalue weighted by Crippen LogP contribution is 2.66. The number of hydrogen-bond donors (Lipinski definition) is 0. The van der Waals surface area contributed by atoms with Crippen molar-refractivity contribution in [1.82, 2.24) is 0 Å². The molecule has 2 aromatic heterocycles. The molecule has 0 aromatic carbocycles. The Balaban J connectivity index is 2.57. The molecular formula is C21H22F6S2. The van der Waals surface area contributed by atoms with Gasteiger partial charge in [0.2, 0.25) is 0 Å². The highest BCUT2D eigenvalue weighted by atomic mass is 32.1. The van der Waals surface area contributed by atoms with Crippen molar-refractivity contribution in [3.05, 3.63) is 41.8 Å². The predicted octanol–water partition coefficient (Wildman–Crippen LogP) is 8.00. The van der Waals surface area contributed by atoms with Crippen LogP contribution in [0.25, 0.3) is 11.1 Å². The molecule has 0 N–H and O–H groups in total. The van der Waals surface area contributed by atoms with E-state index in [0.717, 1.165) is 0 Å². The summed E-state index contributed by atoms with van der Waals surface area (Å²) in [6.45, 7) is 9.85. The van der Waals surface area contributed by atoms with Gasteiger partial charge in [-0.25, -0.2) is 0 Å². The first-order valence-electron chi connectivity index (χ1n) is 9.32. The zero-order chi connectivity index (χ0) is 22.1. The average Bonchev–Trinajstić information content (AvgIpc) is 3.08. The molecule has 0 atom stereocenters. The first kappa shape index (κ1) is 22.4. The van der Waals surface area contributed by atoms with Crippen molar-refractivity contribution in [1.29, 1.82) is 0 Å².